The van der Waals surface area contributed by atoms with Crippen LogP contribution >= 0.6 is 12.4 Å². The molecule has 0 saturated carbocycles. The van der Waals surface area contributed by atoms with E-state index in [4.69, 9.17) is 9.47 Å². The summed E-state index contributed by atoms with van der Waals surface area (Å²) in [5.74, 6) is 1.41. The molecule has 0 fully saturated rings. The Bertz CT molecular complexity index is 399. The Hall–Kier alpha value is -1.46. The zero-order valence-electron chi connectivity index (χ0n) is 11.5. The molecular weight excluding hydrogens is 268 g/mol. The number of halogens is 1. The molecule has 1 amide bonds. The van der Waals surface area contributed by atoms with Crippen LogP contribution in [0.1, 0.15) is 5.56 Å². The molecule has 108 valence electrons. The summed E-state index contributed by atoms with van der Waals surface area (Å²) in [6.07, 6.45) is 0.760. The monoisotopic (exact) mass is 288 g/mol. The molecule has 0 aliphatic heterocycles. The Kier molecular flexibility index (Phi) is 8.74. The summed E-state index contributed by atoms with van der Waals surface area (Å²) in [5.41, 5.74) is 1.09. The van der Waals surface area contributed by atoms with Gasteiger partial charge in [-0.1, -0.05) is 6.07 Å². The molecule has 0 unspecified atom stereocenters. The van der Waals surface area contributed by atoms with E-state index in [2.05, 4.69) is 10.6 Å². The largest absolute Gasteiger partial charge is 0.493 e. The standard InChI is InChI=1S/C13H20N2O3.ClH/c1-14-9-13(16)15-7-6-10-4-5-11(17-2)12(8-10)18-3;/h4-5,8,14H,6-7,9H2,1-3H3,(H,15,16);1H. The van der Waals surface area contributed by atoms with Gasteiger partial charge in [-0.2, -0.15) is 0 Å². The van der Waals surface area contributed by atoms with Crippen LogP contribution in [-0.2, 0) is 11.2 Å². The Morgan fingerprint density at radius 3 is 2.47 bits per heavy atom. The molecule has 2 N–H and O–H groups in total. The number of hydrogen-bond acceptors (Lipinski definition) is 4. The van der Waals surface area contributed by atoms with Crippen molar-refractivity contribution < 1.29 is 14.3 Å². The number of likely N-dealkylation sites (N-methyl/N-ethyl adjacent to an activating group) is 1. The van der Waals surface area contributed by atoms with Gasteiger partial charge < -0.3 is 20.1 Å². The normalized spacial score (nSPS) is 9.42. The molecule has 5 nitrogen and oxygen atoms in total. The number of carbonyl (C=O) groups excluding carboxylic acids is 1. The van der Waals surface area contributed by atoms with Gasteiger partial charge in [-0.15, -0.1) is 12.4 Å². The number of rotatable bonds is 7. The van der Waals surface area contributed by atoms with Crippen molar-refractivity contribution in [1.82, 2.24) is 10.6 Å². The van der Waals surface area contributed by atoms with Crippen molar-refractivity contribution in [3.05, 3.63) is 23.8 Å². The molecule has 0 heterocycles. The first kappa shape index (κ1) is 17.5. The zero-order chi connectivity index (χ0) is 13.4. The zero-order valence-corrected chi connectivity index (χ0v) is 12.3. The van der Waals surface area contributed by atoms with E-state index >= 15 is 0 Å². The number of hydrogen-bond donors (Lipinski definition) is 2. The molecule has 6 heteroatoms. The number of ether oxygens (including phenoxy) is 2. The molecule has 1 aromatic rings. The van der Waals surface area contributed by atoms with Gasteiger partial charge in [0.25, 0.3) is 0 Å². The molecule has 0 aliphatic carbocycles. The number of nitrogens with one attached hydrogen (secondary N) is 2. The highest BCUT2D eigenvalue weighted by atomic mass is 35.5. The molecule has 1 rings (SSSR count). The van der Waals surface area contributed by atoms with Crippen LogP contribution in [0.3, 0.4) is 0 Å². The van der Waals surface area contributed by atoms with Gasteiger partial charge in [-0.3, -0.25) is 4.79 Å². The van der Waals surface area contributed by atoms with Gasteiger partial charge in [0.2, 0.25) is 5.91 Å². The number of methoxy groups -OCH3 is 2. The smallest absolute Gasteiger partial charge is 0.233 e. The van der Waals surface area contributed by atoms with Gasteiger partial charge in [0.15, 0.2) is 11.5 Å². The number of benzene rings is 1. The minimum absolute atomic E-state index is 0. The van der Waals surface area contributed by atoms with E-state index in [1.807, 2.05) is 18.2 Å². The minimum atomic E-state index is -0.00187. The quantitative estimate of drug-likeness (QED) is 0.786. The van der Waals surface area contributed by atoms with Crippen LogP contribution in [0, 0.1) is 0 Å². The maximum absolute atomic E-state index is 11.2. The van der Waals surface area contributed by atoms with Crippen molar-refractivity contribution in [3.63, 3.8) is 0 Å². The predicted octanol–water partition coefficient (Wildman–Crippen LogP) is 1.00. The average Bonchev–Trinajstić information content (AvgIpc) is 2.38. The van der Waals surface area contributed by atoms with E-state index in [1.165, 1.54) is 0 Å². The molecular formula is C13H21ClN2O3. The molecule has 0 spiro atoms. The molecule has 0 aromatic heterocycles. The van der Waals surface area contributed by atoms with E-state index in [9.17, 15) is 4.79 Å². The maximum Gasteiger partial charge on any atom is 0.233 e. The van der Waals surface area contributed by atoms with Crippen LogP contribution in [-0.4, -0.2) is 40.3 Å². The third kappa shape index (κ3) is 5.81. The summed E-state index contributed by atoms with van der Waals surface area (Å²) in [4.78, 5) is 11.2. The van der Waals surface area contributed by atoms with Crippen LogP contribution in [0.2, 0.25) is 0 Å². The Labute approximate surface area is 120 Å². The third-order valence-electron chi connectivity index (χ3n) is 2.52. The van der Waals surface area contributed by atoms with Crippen molar-refractivity contribution in [2.24, 2.45) is 0 Å². The van der Waals surface area contributed by atoms with Gasteiger partial charge >= 0.3 is 0 Å². The van der Waals surface area contributed by atoms with Gasteiger partial charge in [0.05, 0.1) is 20.8 Å². The molecule has 0 atom stereocenters. The highest BCUT2D eigenvalue weighted by Gasteiger charge is 2.05. The second-order valence-electron chi connectivity index (χ2n) is 3.82. The number of carbonyl (C=O) groups is 1. The van der Waals surface area contributed by atoms with E-state index in [-0.39, 0.29) is 18.3 Å². The van der Waals surface area contributed by atoms with E-state index in [0.717, 1.165) is 12.0 Å². The van der Waals surface area contributed by atoms with Crippen LogP contribution in [0.15, 0.2) is 18.2 Å². The Morgan fingerprint density at radius 1 is 1.21 bits per heavy atom. The van der Waals surface area contributed by atoms with E-state index in [1.54, 1.807) is 21.3 Å². The second-order valence-corrected chi connectivity index (χ2v) is 3.82. The first-order valence-electron chi connectivity index (χ1n) is 5.83. The summed E-state index contributed by atoms with van der Waals surface area (Å²) in [6, 6.07) is 5.75. The third-order valence-corrected chi connectivity index (χ3v) is 2.52. The predicted molar refractivity (Wildman–Crippen MR) is 77.4 cm³/mol. The second kappa shape index (κ2) is 9.47. The lowest BCUT2D eigenvalue weighted by molar-refractivity contribution is -0.120. The summed E-state index contributed by atoms with van der Waals surface area (Å²) < 4.78 is 10.4. The summed E-state index contributed by atoms with van der Waals surface area (Å²) in [6.45, 7) is 0.946. The fourth-order valence-corrected chi connectivity index (χ4v) is 1.61. The lowest BCUT2D eigenvalue weighted by atomic mass is 10.1. The van der Waals surface area contributed by atoms with Gasteiger partial charge in [-0.25, -0.2) is 0 Å². The fourth-order valence-electron chi connectivity index (χ4n) is 1.61. The van der Waals surface area contributed by atoms with Crippen LogP contribution < -0.4 is 20.1 Å². The first-order valence-corrected chi connectivity index (χ1v) is 5.83. The molecule has 0 saturated heterocycles. The summed E-state index contributed by atoms with van der Waals surface area (Å²) >= 11 is 0. The lowest BCUT2D eigenvalue weighted by Crippen LogP contribution is -2.33. The molecule has 0 bridgehead atoms. The molecule has 0 radical (unpaired) electrons. The van der Waals surface area contributed by atoms with Gasteiger partial charge in [0, 0.05) is 6.54 Å². The van der Waals surface area contributed by atoms with Crippen LogP contribution in [0.5, 0.6) is 11.5 Å². The van der Waals surface area contributed by atoms with Crippen molar-refractivity contribution >= 4 is 18.3 Å². The average molecular weight is 289 g/mol. The number of amides is 1. The van der Waals surface area contributed by atoms with Crippen LogP contribution in [0.4, 0.5) is 0 Å². The summed E-state index contributed by atoms with van der Waals surface area (Å²) in [5, 5.41) is 5.63. The van der Waals surface area contributed by atoms with Crippen molar-refractivity contribution in [2.45, 2.75) is 6.42 Å². The van der Waals surface area contributed by atoms with Gasteiger partial charge in [-0.05, 0) is 31.2 Å². The van der Waals surface area contributed by atoms with Crippen molar-refractivity contribution in [1.29, 1.82) is 0 Å². The summed E-state index contributed by atoms with van der Waals surface area (Å²) in [7, 11) is 4.96. The minimum Gasteiger partial charge on any atom is -0.493 e. The molecule has 0 aliphatic rings. The lowest BCUT2D eigenvalue weighted by Gasteiger charge is -2.10. The van der Waals surface area contributed by atoms with Crippen molar-refractivity contribution in [2.75, 3.05) is 34.4 Å². The highest BCUT2D eigenvalue weighted by Crippen LogP contribution is 2.27. The highest BCUT2D eigenvalue weighted by molar-refractivity contribution is 5.85. The van der Waals surface area contributed by atoms with Gasteiger partial charge in [0.1, 0.15) is 0 Å². The molecule has 1 aromatic carbocycles. The Balaban J connectivity index is 0.00000324. The molecule has 19 heavy (non-hydrogen) atoms. The SMILES string of the molecule is CNCC(=O)NCCc1ccc(OC)c(OC)c1.Cl. The van der Waals surface area contributed by atoms with E-state index < -0.39 is 0 Å². The topological polar surface area (TPSA) is 59.6 Å². The van der Waals surface area contributed by atoms with Crippen molar-refractivity contribution in [3.8, 4) is 11.5 Å². The fraction of sp³-hybridized carbons (Fsp3) is 0.462. The first-order chi connectivity index (χ1) is 8.71. The van der Waals surface area contributed by atoms with E-state index in [0.29, 0.717) is 24.6 Å². The van der Waals surface area contributed by atoms with Crippen LogP contribution in [0.25, 0.3) is 0 Å². The Morgan fingerprint density at radius 2 is 1.89 bits per heavy atom. The maximum atomic E-state index is 11.2.